The van der Waals surface area contributed by atoms with Gasteiger partial charge in [-0.25, -0.2) is 0 Å². The molecule has 0 amide bonds. The molecule has 0 spiro atoms. The first kappa shape index (κ1) is 14.2. The standard InChI is InChI=1S/C15H15BrN2S/c1-9-3-5-13(10(2)7-9)19-14-6-4-11(15(17)18)8-12(14)16/h3-8H,1-2H3,(H3,17,18). The van der Waals surface area contributed by atoms with Crippen LogP contribution in [-0.2, 0) is 0 Å². The van der Waals surface area contributed by atoms with E-state index in [0.29, 0.717) is 0 Å². The number of aryl methyl sites for hydroxylation is 2. The van der Waals surface area contributed by atoms with Crippen LogP contribution in [0.15, 0.2) is 50.7 Å². The van der Waals surface area contributed by atoms with Crippen LogP contribution in [0.3, 0.4) is 0 Å². The fourth-order valence-electron chi connectivity index (χ4n) is 1.78. The molecule has 98 valence electrons. The third kappa shape index (κ3) is 3.39. The van der Waals surface area contributed by atoms with Gasteiger partial charge in [0.15, 0.2) is 0 Å². The lowest BCUT2D eigenvalue weighted by molar-refractivity contribution is 1.25. The van der Waals surface area contributed by atoms with Gasteiger partial charge in [0.2, 0.25) is 0 Å². The van der Waals surface area contributed by atoms with Gasteiger partial charge < -0.3 is 5.73 Å². The summed E-state index contributed by atoms with van der Waals surface area (Å²) in [5, 5.41) is 7.43. The summed E-state index contributed by atoms with van der Waals surface area (Å²) in [4.78, 5) is 2.36. The fraction of sp³-hybridized carbons (Fsp3) is 0.133. The molecule has 0 aromatic heterocycles. The van der Waals surface area contributed by atoms with E-state index < -0.39 is 0 Å². The van der Waals surface area contributed by atoms with E-state index in [1.807, 2.05) is 18.2 Å². The maximum Gasteiger partial charge on any atom is 0.122 e. The molecule has 0 atom stereocenters. The van der Waals surface area contributed by atoms with Gasteiger partial charge in [-0.2, -0.15) is 0 Å². The SMILES string of the molecule is Cc1ccc(Sc2ccc(C(=N)N)cc2Br)c(C)c1. The first-order valence-corrected chi connectivity index (χ1v) is 7.47. The van der Waals surface area contributed by atoms with Gasteiger partial charge in [-0.15, -0.1) is 0 Å². The molecule has 0 unspecified atom stereocenters. The molecule has 2 rings (SSSR count). The number of rotatable bonds is 3. The number of hydrogen-bond acceptors (Lipinski definition) is 2. The third-order valence-electron chi connectivity index (χ3n) is 2.79. The van der Waals surface area contributed by atoms with E-state index in [0.717, 1.165) is 14.9 Å². The lowest BCUT2D eigenvalue weighted by Gasteiger charge is -2.09. The quantitative estimate of drug-likeness (QED) is 0.641. The van der Waals surface area contributed by atoms with Gasteiger partial charge in [-0.3, -0.25) is 5.41 Å². The molecule has 0 saturated carbocycles. The van der Waals surface area contributed by atoms with E-state index in [1.54, 1.807) is 11.8 Å². The number of nitrogens with one attached hydrogen (secondary N) is 1. The van der Waals surface area contributed by atoms with Crippen molar-refractivity contribution in [1.29, 1.82) is 5.41 Å². The number of amidine groups is 1. The van der Waals surface area contributed by atoms with Crippen LogP contribution in [0.1, 0.15) is 16.7 Å². The molecule has 0 aliphatic carbocycles. The summed E-state index contributed by atoms with van der Waals surface area (Å²) in [6.07, 6.45) is 0. The Bertz CT molecular complexity index is 638. The lowest BCUT2D eigenvalue weighted by atomic mass is 10.2. The van der Waals surface area contributed by atoms with E-state index in [1.165, 1.54) is 16.0 Å². The van der Waals surface area contributed by atoms with E-state index in [9.17, 15) is 0 Å². The third-order valence-corrected chi connectivity index (χ3v) is 4.97. The van der Waals surface area contributed by atoms with Gasteiger partial charge >= 0.3 is 0 Å². The molecule has 4 heteroatoms. The maximum atomic E-state index is 7.43. The summed E-state index contributed by atoms with van der Waals surface area (Å²) in [6, 6.07) is 12.2. The molecule has 0 saturated heterocycles. The summed E-state index contributed by atoms with van der Waals surface area (Å²) in [5.41, 5.74) is 8.76. The second kappa shape index (κ2) is 5.80. The molecule has 2 aromatic carbocycles. The Balaban J connectivity index is 2.31. The zero-order valence-corrected chi connectivity index (χ0v) is 13.2. The highest BCUT2D eigenvalue weighted by Gasteiger charge is 2.07. The number of nitrogen functional groups attached to an aromatic ring is 1. The Morgan fingerprint density at radius 3 is 2.37 bits per heavy atom. The van der Waals surface area contributed by atoms with Crippen molar-refractivity contribution < 1.29 is 0 Å². The summed E-state index contributed by atoms with van der Waals surface area (Å²) >= 11 is 5.25. The van der Waals surface area contributed by atoms with Gasteiger partial charge in [0.1, 0.15) is 5.84 Å². The molecule has 0 fully saturated rings. The highest BCUT2D eigenvalue weighted by Crippen LogP contribution is 2.35. The zero-order chi connectivity index (χ0) is 14.0. The van der Waals surface area contributed by atoms with Crippen molar-refractivity contribution in [2.75, 3.05) is 0 Å². The zero-order valence-electron chi connectivity index (χ0n) is 10.8. The topological polar surface area (TPSA) is 49.9 Å². The second-order valence-corrected chi connectivity index (χ2v) is 6.37. The highest BCUT2D eigenvalue weighted by atomic mass is 79.9. The monoisotopic (exact) mass is 334 g/mol. The van der Waals surface area contributed by atoms with Gasteiger partial charge in [0, 0.05) is 19.8 Å². The molecule has 2 aromatic rings. The predicted molar refractivity (Wildman–Crippen MR) is 85.2 cm³/mol. The molecular formula is C15H15BrN2S. The Labute approximate surface area is 126 Å². The predicted octanol–water partition coefficient (Wildman–Crippen LogP) is 4.50. The van der Waals surface area contributed by atoms with Crippen LogP contribution in [0.4, 0.5) is 0 Å². The Kier molecular flexibility index (Phi) is 4.32. The minimum Gasteiger partial charge on any atom is -0.384 e. The first-order chi connectivity index (χ1) is 8.97. The molecule has 3 N–H and O–H groups in total. The molecule has 0 radical (unpaired) electrons. The minimum absolute atomic E-state index is 0.0868. The van der Waals surface area contributed by atoms with Crippen molar-refractivity contribution in [2.45, 2.75) is 23.6 Å². The molecule has 19 heavy (non-hydrogen) atoms. The van der Waals surface area contributed by atoms with Gasteiger partial charge in [-0.05, 0) is 53.5 Å². The van der Waals surface area contributed by atoms with E-state index in [2.05, 4.69) is 48.0 Å². The van der Waals surface area contributed by atoms with Gasteiger partial charge in [0.05, 0.1) is 0 Å². The maximum absolute atomic E-state index is 7.43. The van der Waals surface area contributed by atoms with Crippen molar-refractivity contribution in [2.24, 2.45) is 5.73 Å². The van der Waals surface area contributed by atoms with Gasteiger partial charge in [0.25, 0.3) is 0 Å². The summed E-state index contributed by atoms with van der Waals surface area (Å²) in [6.45, 7) is 4.21. The van der Waals surface area contributed by atoms with E-state index >= 15 is 0 Å². The number of halogens is 1. The fourth-order valence-corrected chi connectivity index (χ4v) is 3.29. The van der Waals surface area contributed by atoms with Crippen LogP contribution in [0.25, 0.3) is 0 Å². The van der Waals surface area contributed by atoms with Gasteiger partial charge in [-0.1, -0.05) is 35.5 Å². The second-order valence-electron chi connectivity index (χ2n) is 4.43. The molecule has 2 nitrogen and oxygen atoms in total. The molecule has 0 heterocycles. The summed E-state index contributed by atoms with van der Waals surface area (Å²) in [5.74, 6) is 0.0868. The summed E-state index contributed by atoms with van der Waals surface area (Å²) in [7, 11) is 0. The number of benzene rings is 2. The Morgan fingerprint density at radius 2 is 1.79 bits per heavy atom. The highest BCUT2D eigenvalue weighted by molar-refractivity contribution is 9.10. The van der Waals surface area contributed by atoms with Crippen molar-refractivity contribution >= 4 is 33.5 Å². The molecule has 0 aliphatic rings. The van der Waals surface area contributed by atoms with Crippen LogP contribution < -0.4 is 5.73 Å². The van der Waals surface area contributed by atoms with Crippen LogP contribution in [0.5, 0.6) is 0 Å². The Morgan fingerprint density at radius 1 is 1.11 bits per heavy atom. The molecule has 0 aliphatic heterocycles. The molecule has 0 bridgehead atoms. The Hall–Kier alpha value is -1.26. The normalized spacial score (nSPS) is 10.5. The first-order valence-electron chi connectivity index (χ1n) is 5.86. The molecular weight excluding hydrogens is 320 g/mol. The smallest absolute Gasteiger partial charge is 0.122 e. The van der Waals surface area contributed by atoms with Crippen molar-refractivity contribution in [3.8, 4) is 0 Å². The number of nitrogens with two attached hydrogens (primary N) is 1. The van der Waals surface area contributed by atoms with Crippen LogP contribution in [-0.4, -0.2) is 5.84 Å². The summed E-state index contributed by atoms with van der Waals surface area (Å²) < 4.78 is 0.963. The van der Waals surface area contributed by atoms with Crippen molar-refractivity contribution in [1.82, 2.24) is 0 Å². The average Bonchev–Trinajstić information content (AvgIpc) is 2.34. The van der Waals surface area contributed by atoms with Crippen LogP contribution in [0.2, 0.25) is 0 Å². The van der Waals surface area contributed by atoms with Crippen molar-refractivity contribution in [3.63, 3.8) is 0 Å². The van der Waals surface area contributed by atoms with E-state index in [-0.39, 0.29) is 5.84 Å². The van der Waals surface area contributed by atoms with Crippen molar-refractivity contribution in [3.05, 3.63) is 57.6 Å². The largest absolute Gasteiger partial charge is 0.384 e. The lowest BCUT2D eigenvalue weighted by Crippen LogP contribution is -2.10. The van der Waals surface area contributed by atoms with Crippen LogP contribution in [0, 0.1) is 19.3 Å². The average molecular weight is 335 g/mol. The van der Waals surface area contributed by atoms with E-state index in [4.69, 9.17) is 11.1 Å². The number of hydrogen-bond donors (Lipinski definition) is 2. The van der Waals surface area contributed by atoms with Crippen LogP contribution >= 0.6 is 27.7 Å². The minimum atomic E-state index is 0.0868.